The number of thiophene rings is 1. The molecule has 1 heterocycles. The van der Waals surface area contributed by atoms with Gasteiger partial charge in [0, 0.05) is 10.8 Å². The zero-order valence-corrected chi connectivity index (χ0v) is 12.3. The van der Waals surface area contributed by atoms with Crippen molar-refractivity contribution in [3.63, 3.8) is 0 Å². The van der Waals surface area contributed by atoms with Crippen molar-refractivity contribution in [3.8, 4) is 0 Å². The second-order valence-electron chi connectivity index (χ2n) is 4.90. The molecule has 3 nitrogen and oxygen atoms in total. The maximum Gasteiger partial charge on any atom is 0.317 e. The van der Waals surface area contributed by atoms with Crippen LogP contribution in [0.1, 0.15) is 22.8 Å². The van der Waals surface area contributed by atoms with Gasteiger partial charge in [-0.05, 0) is 37.0 Å². The molecule has 1 N–H and O–H groups in total. The van der Waals surface area contributed by atoms with Crippen molar-refractivity contribution in [2.24, 2.45) is 0 Å². The van der Waals surface area contributed by atoms with E-state index in [2.05, 4.69) is 41.8 Å². The number of hydrogen-bond donors (Lipinski definition) is 1. The van der Waals surface area contributed by atoms with Crippen molar-refractivity contribution in [2.75, 3.05) is 20.1 Å². The van der Waals surface area contributed by atoms with E-state index in [9.17, 15) is 4.79 Å². The van der Waals surface area contributed by atoms with Crippen molar-refractivity contribution in [2.45, 2.75) is 12.3 Å². The largest absolute Gasteiger partial charge is 0.480 e. The van der Waals surface area contributed by atoms with E-state index in [-0.39, 0.29) is 6.54 Å². The highest BCUT2D eigenvalue weighted by atomic mass is 32.1. The van der Waals surface area contributed by atoms with Gasteiger partial charge in [0.2, 0.25) is 0 Å². The average Bonchev–Trinajstić information content (AvgIpc) is 2.93. The third-order valence-corrected chi connectivity index (χ3v) is 4.28. The molecule has 0 saturated carbocycles. The lowest BCUT2D eigenvalue weighted by atomic mass is 9.94. The molecule has 2 aromatic rings. The van der Waals surface area contributed by atoms with Crippen molar-refractivity contribution in [1.82, 2.24) is 4.90 Å². The summed E-state index contributed by atoms with van der Waals surface area (Å²) >= 11 is 1.76. The van der Waals surface area contributed by atoms with Crippen LogP contribution in [0.2, 0.25) is 0 Å². The molecule has 20 heavy (non-hydrogen) atoms. The van der Waals surface area contributed by atoms with Crippen LogP contribution in [0.3, 0.4) is 0 Å². The van der Waals surface area contributed by atoms with E-state index in [0.717, 1.165) is 13.0 Å². The Morgan fingerprint density at radius 3 is 2.60 bits per heavy atom. The molecule has 2 rings (SSSR count). The molecule has 1 aromatic heterocycles. The molecule has 0 aliphatic carbocycles. The summed E-state index contributed by atoms with van der Waals surface area (Å²) in [6, 6.07) is 14.6. The third kappa shape index (κ3) is 4.18. The first kappa shape index (κ1) is 14.8. The Labute approximate surface area is 123 Å². The van der Waals surface area contributed by atoms with Gasteiger partial charge < -0.3 is 5.11 Å². The van der Waals surface area contributed by atoms with Crippen LogP contribution < -0.4 is 0 Å². The van der Waals surface area contributed by atoms with Crippen molar-refractivity contribution in [3.05, 3.63) is 58.3 Å². The van der Waals surface area contributed by atoms with Crippen LogP contribution in [0.25, 0.3) is 0 Å². The van der Waals surface area contributed by atoms with E-state index in [1.807, 2.05) is 18.0 Å². The van der Waals surface area contributed by atoms with E-state index >= 15 is 0 Å². The highest BCUT2D eigenvalue weighted by Crippen LogP contribution is 2.31. The van der Waals surface area contributed by atoms with Gasteiger partial charge in [-0.25, -0.2) is 0 Å². The van der Waals surface area contributed by atoms with Crippen LogP contribution in [0.15, 0.2) is 47.8 Å². The van der Waals surface area contributed by atoms with Gasteiger partial charge in [0.25, 0.3) is 0 Å². The Kier molecular flexibility index (Phi) is 5.32. The first-order valence-corrected chi connectivity index (χ1v) is 7.53. The van der Waals surface area contributed by atoms with Gasteiger partial charge in [0.05, 0.1) is 6.54 Å². The van der Waals surface area contributed by atoms with Gasteiger partial charge in [0.1, 0.15) is 0 Å². The molecule has 0 aliphatic heterocycles. The molecule has 0 spiro atoms. The van der Waals surface area contributed by atoms with E-state index < -0.39 is 5.97 Å². The number of carboxylic acid groups (broad SMARTS) is 1. The van der Waals surface area contributed by atoms with E-state index in [1.165, 1.54) is 10.4 Å². The number of benzene rings is 1. The summed E-state index contributed by atoms with van der Waals surface area (Å²) in [6.07, 6.45) is 0.925. The van der Waals surface area contributed by atoms with Crippen LogP contribution in [0.4, 0.5) is 0 Å². The van der Waals surface area contributed by atoms with E-state index in [4.69, 9.17) is 5.11 Å². The van der Waals surface area contributed by atoms with Crippen molar-refractivity contribution in [1.29, 1.82) is 0 Å². The van der Waals surface area contributed by atoms with Crippen LogP contribution in [-0.2, 0) is 4.79 Å². The second-order valence-corrected chi connectivity index (χ2v) is 5.88. The monoisotopic (exact) mass is 289 g/mol. The number of carbonyl (C=O) groups is 1. The zero-order chi connectivity index (χ0) is 14.4. The first-order valence-electron chi connectivity index (χ1n) is 6.65. The molecule has 0 radical (unpaired) electrons. The number of aliphatic carboxylic acids is 1. The fraction of sp³-hybridized carbons (Fsp3) is 0.312. The number of carboxylic acids is 1. The SMILES string of the molecule is CN(CCC(c1ccccc1)c1cccs1)CC(=O)O. The molecule has 106 valence electrons. The second kappa shape index (κ2) is 7.22. The third-order valence-electron chi connectivity index (χ3n) is 3.29. The summed E-state index contributed by atoms with van der Waals surface area (Å²) in [6.45, 7) is 0.857. The van der Waals surface area contributed by atoms with Crippen LogP contribution >= 0.6 is 11.3 Å². The predicted molar refractivity (Wildman–Crippen MR) is 82.4 cm³/mol. The standard InChI is InChI=1S/C16H19NO2S/c1-17(12-16(18)19)10-9-14(15-8-5-11-20-15)13-6-3-2-4-7-13/h2-8,11,14H,9-10,12H2,1H3,(H,18,19). The van der Waals surface area contributed by atoms with Crippen molar-refractivity contribution >= 4 is 17.3 Å². The minimum absolute atomic E-state index is 0.0892. The quantitative estimate of drug-likeness (QED) is 0.850. The molecular weight excluding hydrogens is 270 g/mol. The maximum absolute atomic E-state index is 10.7. The molecule has 0 aliphatic rings. The molecule has 0 saturated heterocycles. The Morgan fingerprint density at radius 1 is 1.25 bits per heavy atom. The van der Waals surface area contributed by atoms with Crippen LogP contribution in [0, 0.1) is 0 Å². The van der Waals surface area contributed by atoms with E-state index in [1.54, 1.807) is 11.3 Å². The van der Waals surface area contributed by atoms with Gasteiger partial charge in [-0.3, -0.25) is 9.69 Å². The van der Waals surface area contributed by atoms with Gasteiger partial charge in [0.15, 0.2) is 0 Å². The van der Waals surface area contributed by atoms with Gasteiger partial charge in [-0.1, -0.05) is 36.4 Å². The van der Waals surface area contributed by atoms with Crippen LogP contribution in [-0.4, -0.2) is 36.1 Å². The minimum atomic E-state index is -0.778. The Hall–Kier alpha value is -1.65. The van der Waals surface area contributed by atoms with E-state index in [0.29, 0.717) is 5.92 Å². The summed E-state index contributed by atoms with van der Waals surface area (Å²) in [4.78, 5) is 13.9. The number of hydrogen-bond acceptors (Lipinski definition) is 3. The predicted octanol–water partition coefficient (Wildman–Crippen LogP) is 3.29. The molecule has 1 atom stereocenters. The maximum atomic E-state index is 10.7. The Morgan fingerprint density at radius 2 is 2.00 bits per heavy atom. The van der Waals surface area contributed by atoms with Gasteiger partial charge in [-0.15, -0.1) is 11.3 Å². The Balaban J connectivity index is 2.07. The summed E-state index contributed by atoms with van der Waals surface area (Å²) in [5.74, 6) is -0.438. The number of rotatable bonds is 7. The lowest BCUT2D eigenvalue weighted by Gasteiger charge is -2.20. The lowest BCUT2D eigenvalue weighted by molar-refractivity contribution is -0.137. The molecule has 0 amide bonds. The summed E-state index contributed by atoms with van der Waals surface area (Å²) < 4.78 is 0. The molecule has 0 fully saturated rings. The smallest absolute Gasteiger partial charge is 0.317 e. The van der Waals surface area contributed by atoms with Crippen molar-refractivity contribution < 1.29 is 9.90 Å². The van der Waals surface area contributed by atoms with Crippen LogP contribution in [0.5, 0.6) is 0 Å². The molecular formula is C16H19NO2S. The number of likely N-dealkylation sites (N-methyl/N-ethyl adjacent to an activating group) is 1. The highest BCUT2D eigenvalue weighted by molar-refractivity contribution is 7.10. The first-order chi connectivity index (χ1) is 9.66. The average molecular weight is 289 g/mol. The lowest BCUT2D eigenvalue weighted by Crippen LogP contribution is -2.27. The summed E-state index contributed by atoms with van der Waals surface area (Å²) in [7, 11) is 1.85. The topological polar surface area (TPSA) is 40.5 Å². The summed E-state index contributed by atoms with van der Waals surface area (Å²) in [5, 5.41) is 10.9. The summed E-state index contributed by atoms with van der Waals surface area (Å²) in [5.41, 5.74) is 1.29. The molecule has 0 bridgehead atoms. The van der Waals surface area contributed by atoms with Gasteiger partial charge >= 0.3 is 5.97 Å². The molecule has 1 unspecified atom stereocenters. The fourth-order valence-corrected chi connectivity index (χ4v) is 3.20. The normalized spacial score (nSPS) is 12.5. The fourth-order valence-electron chi connectivity index (χ4n) is 2.31. The molecule has 1 aromatic carbocycles. The highest BCUT2D eigenvalue weighted by Gasteiger charge is 2.16. The van der Waals surface area contributed by atoms with Gasteiger partial charge in [-0.2, -0.15) is 0 Å². The minimum Gasteiger partial charge on any atom is -0.480 e. The zero-order valence-electron chi connectivity index (χ0n) is 11.5. The molecule has 4 heteroatoms. The Bertz CT molecular complexity index is 525. The number of nitrogens with zero attached hydrogens (tertiary/aromatic N) is 1.